The van der Waals surface area contributed by atoms with Crippen LogP contribution in [-0.4, -0.2) is 16.7 Å². The van der Waals surface area contributed by atoms with Gasteiger partial charge in [0.1, 0.15) is 0 Å². The van der Waals surface area contributed by atoms with Gasteiger partial charge in [-0.05, 0) is 18.6 Å². The molecule has 0 spiro atoms. The van der Waals surface area contributed by atoms with Gasteiger partial charge in [0.15, 0.2) is 0 Å². The second kappa shape index (κ2) is 3.23. The van der Waals surface area contributed by atoms with Crippen LogP contribution in [0.1, 0.15) is 11.3 Å². The summed E-state index contributed by atoms with van der Waals surface area (Å²) in [7, 11) is 0. The Morgan fingerprint density at radius 3 is 2.77 bits per heavy atom. The number of nitrogens with one attached hydrogen (secondary N) is 1. The smallest absolute Gasteiger partial charge is 0.0485 e. The van der Waals surface area contributed by atoms with Crippen LogP contribution in [0.4, 0.5) is 0 Å². The van der Waals surface area contributed by atoms with Crippen molar-refractivity contribution >= 4 is 10.9 Å². The number of aliphatic hydroxyl groups excluding tert-OH is 1. The highest BCUT2D eigenvalue weighted by Gasteiger charge is 2.04. The molecule has 0 unspecified atom stereocenters. The van der Waals surface area contributed by atoms with Crippen LogP contribution in [0.15, 0.2) is 24.3 Å². The maximum atomic E-state index is 8.85. The zero-order valence-corrected chi connectivity index (χ0v) is 7.67. The van der Waals surface area contributed by atoms with Crippen LogP contribution in [0.5, 0.6) is 0 Å². The molecule has 0 aliphatic heterocycles. The lowest BCUT2D eigenvalue weighted by atomic mass is 10.1. The number of hydrogen-bond acceptors (Lipinski definition) is 1. The third-order valence-electron chi connectivity index (χ3n) is 2.43. The SMILES string of the molecule is Cc1c(CCO)[nH]c2ccccc12. The normalized spacial score (nSPS) is 10.9. The molecule has 2 rings (SSSR count). The largest absolute Gasteiger partial charge is 0.396 e. The highest BCUT2D eigenvalue weighted by atomic mass is 16.3. The quantitative estimate of drug-likeness (QED) is 0.719. The Labute approximate surface area is 77.2 Å². The monoisotopic (exact) mass is 175 g/mol. The van der Waals surface area contributed by atoms with Gasteiger partial charge in [0.05, 0.1) is 0 Å². The van der Waals surface area contributed by atoms with E-state index in [0.717, 1.165) is 11.2 Å². The fourth-order valence-electron chi connectivity index (χ4n) is 1.70. The molecule has 0 aliphatic rings. The van der Waals surface area contributed by atoms with Gasteiger partial charge in [-0.15, -0.1) is 0 Å². The molecule has 1 heterocycles. The first-order valence-corrected chi connectivity index (χ1v) is 4.50. The lowest BCUT2D eigenvalue weighted by Crippen LogP contribution is -1.92. The summed E-state index contributed by atoms with van der Waals surface area (Å²) >= 11 is 0. The van der Waals surface area contributed by atoms with Crippen molar-refractivity contribution in [1.82, 2.24) is 4.98 Å². The van der Waals surface area contributed by atoms with Crippen LogP contribution in [0, 0.1) is 6.92 Å². The van der Waals surface area contributed by atoms with Crippen LogP contribution in [0.2, 0.25) is 0 Å². The van der Waals surface area contributed by atoms with Gasteiger partial charge in [0.2, 0.25) is 0 Å². The lowest BCUT2D eigenvalue weighted by Gasteiger charge is -1.94. The molecule has 0 bridgehead atoms. The number of aromatic amines is 1. The number of aliphatic hydroxyl groups is 1. The molecule has 1 aromatic carbocycles. The van der Waals surface area contributed by atoms with Gasteiger partial charge in [0.25, 0.3) is 0 Å². The molecule has 0 saturated carbocycles. The zero-order chi connectivity index (χ0) is 9.26. The molecule has 68 valence electrons. The van der Waals surface area contributed by atoms with Crippen molar-refractivity contribution in [3.05, 3.63) is 35.5 Å². The highest BCUT2D eigenvalue weighted by Crippen LogP contribution is 2.21. The standard InChI is InChI=1S/C11H13NO/c1-8-9-4-2-3-5-11(9)12-10(8)6-7-13/h2-5,12-13H,6-7H2,1H3. The topological polar surface area (TPSA) is 36.0 Å². The highest BCUT2D eigenvalue weighted by molar-refractivity contribution is 5.84. The number of fused-ring (bicyclic) bond motifs is 1. The lowest BCUT2D eigenvalue weighted by molar-refractivity contribution is 0.298. The van der Waals surface area contributed by atoms with E-state index in [4.69, 9.17) is 5.11 Å². The van der Waals surface area contributed by atoms with Crippen molar-refractivity contribution in [3.8, 4) is 0 Å². The van der Waals surface area contributed by atoms with E-state index in [0.29, 0.717) is 6.42 Å². The molecule has 0 atom stereocenters. The predicted molar refractivity (Wildman–Crippen MR) is 53.8 cm³/mol. The number of benzene rings is 1. The molecule has 0 amide bonds. The summed E-state index contributed by atoms with van der Waals surface area (Å²) in [5.74, 6) is 0. The van der Waals surface area contributed by atoms with Gasteiger partial charge in [-0.3, -0.25) is 0 Å². The van der Waals surface area contributed by atoms with Crippen molar-refractivity contribution in [2.24, 2.45) is 0 Å². The Kier molecular flexibility index (Phi) is 2.07. The Morgan fingerprint density at radius 1 is 1.31 bits per heavy atom. The van der Waals surface area contributed by atoms with E-state index in [1.165, 1.54) is 10.9 Å². The second-order valence-corrected chi connectivity index (χ2v) is 3.25. The molecule has 2 heteroatoms. The average Bonchev–Trinajstić information content (AvgIpc) is 2.46. The van der Waals surface area contributed by atoms with Crippen molar-refractivity contribution < 1.29 is 5.11 Å². The Hall–Kier alpha value is -1.28. The fourth-order valence-corrected chi connectivity index (χ4v) is 1.70. The third-order valence-corrected chi connectivity index (χ3v) is 2.43. The molecule has 2 aromatic rings. The van der Waals surface area contributed by atoms with Crippen LogP contribution in [-0.2, 0) is 6.42 Å². The predicted octanol–water partition coefficient (Wildman–Crippen LogP) is 2.01. The molecule has 0 aliphatic carbocycles. The van der Waals surface area contributed by atoms with Gasteiger partial charge in [-0.2, -0.15) is 0 Å². The minimum Gasteiger partial charge on any atom is -0.396 e. The first kappa shape index (κ1) is 8.32. The van der Waals surface area contributed by atoms with Gasteiger partial charge in [-0.25, -0.2) is 0 Å². The average molecular weight is 175 g/mol. The van der Waals surface area contributed by atoms with Crippen LogP contribution in [0.25, 0.3) is 10.9 Å². The molecule has 0 radical (unpaired) electrons. The second-order valence-electron chi connectivity index (χ2n) is 3.25. The van der Waals surface area contributed by atoms with Gasteiger partial charge in [0, 0.05) is 29.6 Å². The van der Waals surface area contributed by atoms with E-state index >= 15 is 0 Å². The Bertz CT molecular complexity index is 417. The van der Waals surface area contributed by atoms with E-state index in [-0.39, 0.29) is 6.61 Å². The summed E-state index contributed by atoms with van der Waals surface area (Å²) < 4.78 is 0. The number of aromatic nitrogens is 1. The van der Waals surface area contributed by atoms with E-state index < -0.39 is 0 Å². The molecule has 2 N–H and O–H groups in total. The third kappa shape index (κ3) is 1.33. The first-order valence-electron chi connectivity index (χ1n) is 4.50. The molecule has 1 aromatic heterocycles. The maximum Gasteiger partial charge on any atom is 0.0485 e. The fraction of sp³-hybridized carbons (Fsp3) is 0.273. The van der Waals surface area contributed by atoms with Crippen molar-refractivity contribution in [2.75, 3.05) is 6.61 Å². The number of aryl methyl sites for hydroxylation is 1. The number of hydrogen-bond donors (Lipinski definition) is 2. The molecule has 0 saturated heterocycles. The molecule has 0 fully saturated rings. The summed E-state index contributed by atoms with van der Waals surface area (Å²) in [5.41, 5.74) is 3.55. The molecule has 13 heavy (non-hydrogen) atoms. The Morgan fingerprint density at radius 2 is 2.08 bits per heavy atom. The van der Waals surface area contributed by atoms with E-state index in [1.807, 2.05) is 12.1 Å². The van der Waals surface area contributed by atoms with Crippen LogP contribution in [0.3, 0.4) is 0 Å². The number of para-hydroxylation sites is 1. The zero-order valence-electron chi connectivity index (χ0n) is 7.67. The summed E-state index contributed by atoms with van der Waals surface area (Å²) in [5, 5.41) is 10.1. The minimum absolute atomic E-state index is 0.202. The molecular formula is C11H13NO. The van der Waals surface area contributed by atoms with Crippen molar-refractivity contribution in [3.63, 3.8) is 0 Å². The minimum atomic E-state index is 0.202. The first-order chi connectivity index (χ1) is 6.33. The number of rotatable bonds is 2. The van der Waals surface area contributed by atoms with E-state index in [1.54, 1.807) is 0 Å². The summed E-state index contributed by atoms with van der Waals surface area (Å²) in [6.45, 7) is 2.29. The molecule has 2 nitrogen and oxygen atoms in total. The number of H-pyrrole nitrogens is 1. The summed E-state index contributed by atoms with van der Waals surface area (Å²) in [6.07, 6.45) is 0.709. The van der Waals surface area contributed by atoms with Gasteiger partial charge >= 0.3 is 0 Å². The van der Waals surface area contributed by atoms with Gasteiger partial charge in [-0.1, -0.05) is 18.2 Å². The van der Waals surface area contributed by atoms with E-state index in [2.05, 4.69) is 24.0 Å². The van der Waals surface area contributed by atoms with E-state index in [9.17, 15) is 0 Å². The van der Waals surface area contributed by atoms with Crippen molar-refractivity contribution in [2.45, 2.75) is 13.3 Å². The summed E-state index contributed by atoms with van der Waals surface area (Å²) in [4.78, 5) is 3.30. The summed E-state index contributed by atoms with van der Waals surface area (Å²) in [6, 6.07) is 8.21. The maximum absolute atomic E-state index is 8.85. The van der Waals surface area contributed by atoms with Crippen LogP contribution < -0.4 is 0 Å². The molecular weight excluding hydrogens is 162 g/mol. The Balaban J connectivity index is 2.60. The van der Waals surface area contributed by atoms with Crippen molar-refractivity contribution in [1.29, 1.82) is 0 Å². The van der Waals surface area contributed by atoms with Crippen LogP contribution >= 0.6 is 0 Å². The van der Waals surface area contributed by atoms with Gasteiger partial charge < -0.3 is 10.1 Å².